The summed E-state index contributed by atoms with van der Waals surface area (Å²) in [5.41, 5.74) is 5.97. The average molecular weight is 388 g/mol. The summed E-state index contributed by atoms with van der Waals surface area (Å²) >= 11 is 0. The van der Waals surface area contributed by atoms with Crippen LogP contribution in [0.15, 0.2) is 18.2 Å². The van der Waals surface area contributed by atoms with E-state index < -0.39 is 0 Å². The maximum Gasteiger partial charge on any atom is 0.151 e. The number of aromatic nitrogens is 1. The number of hydrogen-bond acceptors (Lipinski definition) is 1. The third-order valence-electron chi connectivity index (χ3n) is 6.79. The Hall–Kier alpha value is -1.40. The van der Waals surface area contributed by atoms with Crippen LogP contribution in [0.2, 0.25) is 0 Å². The maximum absolute atomic E-state index is 10.7. The Morgan fingerprint density at radius 3 is 3.04 bits per heavy atom. The molecule has 154 valence electrons. The van der Waals surface area contributed by atoms with E-state index in [4.69, 9.17) is 0 Å². The summed E-state index contributed by atoms with van der Waals surface area (Å²) in [5.74, 6) is 0. The average Bonchev–Trinajstić information content (AvgIpc) is 2.98. The standard InChI is InChI=1S/C23H36N4O/c1-17-8-9-21-20(14-17)19-6-4-7-22-23(19)27(21)13-12-26(22)16-18(28)15-24-10-5-11-25(2)3/h8-9,14,18,22,24,28H,4-7,10-13,15-16H2,1-3H3/p+3/t18-,22+/m1/s1. The number of rotatable bonds is 8. The zero-order valence-corrected chi connectivity index (χ0v) is 17.9. The van der Waals surface area contributed by atoms with E-state index in [2.05, 4.69) is 49.1 Å². The predicted molar refractivity (Wildman–Crippen MR) is 113 cm³/mol. The molecule has 4 rings (SSSR count). The second-order valence-corrected chi connectivity index (χ2v) is 9.37. The van der Waals surface area contributed by atoms with E-state index in [1.54, 1.807) is 16.2 Å². The number of aryl methyl sites for hydroxylation is 2. The highest BCUT2D eigenvalue weighted by molar-refractivity contribution is 5.86. The molecular weight excluding hydrogens is 348 g/mol. The Morgan fingerprint density at radius 2 is 2.21 bits per heavy atom. The molecule has 5 nitrogen and oxygen atoms in total. The van der Waals surface area contributed by atoms with Gasteiger partial charge in [0, 0.05) is 23.7 Å². The van der Waals surface area contributed by atoms with Gasteiger partial charge in [0.05, 0.1) is 46.0 Å². The fraction of sp³-hybridized carbons (Fsp3) is 0.652. The van der Waals surface area contributed by atoms with Gasteiger partial charge in [-0.2, -0.15) is 0 Å². The van der Waals surface area contributed by atoms with Crippen LogP contribution in [0.5, 0.6) is 0 Å². The van der Waals surface area contributed by atoms with Crippen molar-refractivity contribution in [2.24, 2.45) is 0 Å². The van der Waals surface area contributed by atoms with Crippen molar-refractivity contribution in [3.05, 3.63) is 35.0 Å². The molecule has 1 aliphatic heterocycles. The fourth-order valence-electron chi connectivity index (χ4n) is 5.45. The van der Waals surface area contributed by atoms with E-state index in [0.29, 0.717) is 6.04 Å². The Bertz CT molecular complexity index is 813. The normalized spacial score (nSPS) is 22.6. The molecule has 1 aliphatic carbocycles. The highest BCUT2D eigenvalue weighted by Crippen LogP contribution is 2.37. The number of quaternary nitrogens is 3. The first-order chi connectivity index (χ1) is 13.5. The summed E-state index contributed by atoms with van der Waals surface area (Å²) in [5, 5.41) is 14.5. The van der Waals surface area contributed by atoms with Crippen LogP contribution in [0.25, 0.3) is 10.9 Å². The van der Waals surface area contributed by atoms with Crippen LogP contribution >= 0.6 is 0 Å². The summed E-state index contributed by atoms with van der Waals surface area (Å²) in [6, 6.07) is 7.53. The fourth-order valence-corrected chi connectivity index (χ4v) is 5.45. The molecular formula is C23H39N4O+3. The Balaban J connectivity index is 1.43. The first-order valence-corrected chi connectivity index (χ1v) is 11.3. The smallest absolute Gasteiger partial charge is 0.151 e. The Labute approximate surface area is 169 Å². The van der Waals surface area contributed by atoms with Crippen molar-refractivity contribution in [2.75, 3.05) is 46.8 Å². The highest BCUT2D eigenvalue weighted by Gasteiger charge is 2.38. The lowest BCUT2D eigenvalue weighted by Gasteiger charge is -2.37. The lowest BCUT2D eigenvalue weighted by molar-refractivity contribution is -0.941. The number of benzene rings is 1. The Morgan fingerprint density at radius 1 is 1.36 bits per heavy atom. The topological polar surface area (TPSA) is 50.6 Å². The van der Waals surface area contributed by atoms with Gasteiger partial charge >= 0.3 is 0 Å². The molecule has 1 unspecified atom stereocenters. The second kappa shape index (κ2) is 8.54. The zero-order valence-electron chi connectivity index (χ0n) is 17.9. The van der Waals surface area contributed by atoms with E-state index in [0.717, 1.165) is 32.7 Å². The van der Waals surface area contributed by atoms with Crippen LogP contribution in [0, 0.1) is 6.92 Å². The van der Waals surface area contributed by atoms with Crippen molar-refractivity contribution in [3.8, 4) is 0 Å². The van der Waals surface area contributed by atoms with Crippen LogP contribution in [0.3, 0.4) is 0 Å². The molecule has 1 aromatic carbocycles. The van der Waals surface area contributed by atoms with Gasteiger partial charge in [-0.3, -0.25) is 0 Å². The van der Waals surface area contributed by atoms with Crippen LogP contribution < -0.4 is 15.1 Å². The number of nitrogens with zero attached hydrogens (tertiary/aromatic N) is 1. The van der Waals surface area contributed by atoms with Crippen LogP contribution in [0.1, 0.15) is 42.1 Å². The zero-order chi connectivity index (χ0) is 19.7. The van der Waals surface area contributed by atoms with E-state index in [-0.39, 0.29) is 6.10 Å². The van der Waals surface area contributed by atoms with Gasteiger partial charge in [-0.05, 0) is 37.5 Å². The van der Waals surface area contributed by atoms with Gasteiger partial charge in [-0.15, -0.1) is 0 Å². The molecule has 2 heterocycles. The van der Waals surface area contributed by atoms with Crippen LogP contribution in [-0.2, 0) is 13.0 Å². The number of fused-ring (bicyclic) bond motifs is 3. The molecule has 2 aliphatic rings. The van der Waals surface area contributed by atoms with E-state index in [9.17, 15) is 5.11 Å². The predicted octanol–water partition coefficient (Wildman–Crippen LogP) is -1.32. The van der Waals surface area contributed by atoms with Gasteiger partial charge in [0.1, 0.15) is 19.1 Å². The minimum Gasteiger partial charge on any atom is -0.382 e. The number of hydrogen-bond donors (Lipinski definition) is 4. The molecule has 0 bridgehead atoms. The summed E-state index contributed by atoms with van der Waals surface area (Å²) in [6.07, 6.45) is 4.78. The highest BCUT2D eigenvalue weighted by atomic mass is 16.3. The van der Waals surface area contributed by atoms with Crippen molar-refractivity contribution in [3.63, 3.8) is 0 Å². The van der Waals surface area contributed by atoms with Gasteiger partial charge in [-0.1, -0.05) is 11.6 Å². The molecule has 0 amide bonds. The molecule has 0 saturated carbocycles. The summed E-state index contributed by atoms with van der Waals surface area (Å²) < 4.78 is 2.60. The van der Waals surface area contributed by atoms with E-state index >= 15 is 0 Å². The molecule has 3 atom stereocenters. The monoisotopic (exact) mass is 387 g/mol. The summed E-state index contributed by atoms with van der Waals surface area (Å²) in [6.45, 7) is 8.48. The van der Waals surface area contributed by atoms with Gasteiger partial charge in [-0.25, -0.2) is 0 Å². The quantitative estimate of drug-likeness (QED) is 0.418. The van der Waals surface area contributed by atoms with Crippen molar-refractivity contribution >= 4 is 10.9 Å². The third-order valence-corrected chi connectivity index (χ3v) is 6.79. The second-order valence-electron chi connectivity index (χ2n) is 9.37. The van der Waals surface area contributed by atoms with E-state index in [1.807, 2.05) is 0 Å². The molecule has 5 N–H and O–H groups in total. The van der Waals surface area contributed by atoms with Gasteiger partial charge in [0.15, 0.2) is 6.10 Å². The van der Waals surface area contributed by atoms with Crippen molar-refractivity contribution in [1.82, 2.24) is 4.57 Å². The van der Waals surface area contributed by atoms with Crippen LogP contribution in [0.4, 0.5) is 0 Å². The number of aliphatic hydroxyl groups is 1. The molecule has 2 aromatic rings. The van der Waals surface area contributed by atoms with Crippen molar-refractivity contribution < 1.29 is 20.2 Å². The molecule has 5 heteroatoms. The van der Waals surface area contributed by atoms with Crippen LogP contribution in [-0.4, -0.2) is 62.6 Å². The largest absolute Gasteiger partial charge is 0.382 e. The SMILES string of the molecule is Cc1ccc2c(c1)c1c3n2CC[NH+](C[C@H](O)C[NH2+]CCC[NH+](C)C)[C@H]3CCC1. The van der Waals surface area contributed by atoms with E-state index in [1.165, 1.54) is 53.6 Å². The number of nitrogens with two attached hydrogens (primary N) is 1. The van der Waals surface area contributed by atoms with Crippen molar-refractivity contribution in [1.29, 1.82) is 0 Å². The lowest BCUT2D eigenvalue weighted by atomic mass is 9.89. The molecule has 0 radical (unpaired) electrons. The summed E-state index contributed by atoms with van der Waals surface area (Å²) in [7, 11) is 4.40. The Kier molecular flexibility index (Phi) is 6.07. The molecule has 28 heavy (non-hydrogen) atoms. The minimum atomic E-state index is -0.203. The minimum absolute atomic E-state index is 0.203. The molecule has 1 aromatic heterocycles. The lowest BCUT2D eigenvalue weighted by Crippen LogP contribution is -3.15. The summed E-state index contributed by atoms with van der Waals surface area (Å²) in [4.78, 5) is 3.11. The maximum atomic E-state index is 10.7. The van der Waals surface area contributed by atoms with Gasteiger partial charge in [0.2, 0.25) is 0 Å². The molecule has 0 spiro atoms. The third kappa shape index (κ3) is 3.99. The van der Waals surface area contributed by atoms with Gasteiger partial charge < -0.3 is 24.8 Å². The van der Waals surface area contributed by atoms with Gasteiger partial charge in [0.25, 0.3) is 0 Å². The number of aliphatic hydroxyl groups excluding tert-OH is 1. The first kappa shape index (κ1) is 19.9. The first-order valence-electron chi connectivity index (χ1n) is 11.3. The molecule has 0 fully saturated rings. The molecule has 0 saturated heterocycles. The van der Waals surface area contributed by atoms with Crippen molar-refractivity contribution in [2.45, 2.75) is 51.3 Å². The number of nitrogens with one attached hydrogen (secondary N) is 2.